The van der Waals surface area contributed by atoms with E-state index < -0.39 is 21.1 Å². The Labute approximate surface area is 140 Å². The van der Waals surface area contributed by atoms with E-state index in [2.05, 4.69) is 40.4 Å². The number of nitrogens with zero attached hydrogens (tertiary/aromatic N) is 1. The maximum absolute atomic E-state index is 12.4. The van der Waals surface area contributed by atoms with Gasteiger partial charge in [0.2, 0.25) is 0 Å². The third-order valence-electron chi connectivity index (χ3n) is 4.58. The molecule has 6 heteroatoms. The number of amides is 1. The normalized spacial score (nSPS) is 22.6. The maximum atomic E-state index is 12.4. The summed E-state index contributed by atoms with van der Waals surface area (Å²) in [7, 11) is -1.91. The zero-order chi connectivity index (χ0) is 17.7. The Bertz CT molecular complexity index is 446. The highest BCUT2D eigenvalue weighted by Gasteiger charge is 2.43. The predicted octanol–water partition coefficient (Wildman–Crippen LogP) is 4.30. The molecule has 0 radical (unpaired) electrons. The molecular formula is C17H30FNO3Si. The van der Waals surface area contributed by atoms with Gasteiger partial charge in [0.05, 0.1) is 12.1 Å². The molecule has 0 spiro atoms. The average molecular weight is 344 g/mol. The Kier molecular flexibility index (Phi) is 7.01. The van der Waals surface area contributed by atoms with Crippen LogP contribution in [0.3, 0.4) is 0 Å². The van der Waals surface area contributed by atoms with Crippen LogP contribution in [0.5, 0.6) is 0 Å². The zero-order valence-electron chi connectivity index (χ0n) is 15.0. The van der Waals surface area contributed by atoms with Gasteiger partial charge in [0.25, 0.3) is 0 Å². The summed E-state index contributed by atoms with van der Waals surface area (Å²) in [6.07, 6.45) is 4.93. The van der Waals surface area contributed by atoms with E-state index in [-0.39, 0.29) is 23.8 Å². The topological polar surface area (TPSA) is 38.8 Å². The van der Waals surface area contributed by atoms with Crippen LogP contribution in [0.4, 0.5) is 9.18 Å². The third-order valence-corrected chi connectivity index (χ3v) is 9.11. The number of carbonyl (C=O) groups is 1. The number of rotatable bonds is 6. The van der Waals surface area contributed by atoms with Crippen LogP contribution < -0.4 is 0 Å². The lowest BCUT2D eigenvalue weighted by molar-refractivity contribution is 0.108. The first-order chi connectivity index (χ1) is 10.6. The van der Waals surface area contributed by atoms with Crippen LogP contribution in [0.2, 0.25) is 18.1 Å². The fourth-order valence-electron chi connectivity index (χ4n) is 2.32. The van der Waals surface area contributed by atoms with E-state index in [1.54, 1.807) is 11.0 Å². The van der Waals surface area contributed by atoms with Crippen LogP contribution in [0.1, 0.15) is 27.2 Å². The van der Waals surface area contributed by atoms with Crippen molar-refractivity contribution in [3.05, 3.63) is 24.8 Å². The first-order valence-corrected chi connectivity index (χ1v) is 11.0. The summed E-state index contributed by atoms with van der Waals surface area (Å²) in [6.45, 7) is 14.6. The summed E-state index contributed by atoms with van der Waals surface area (Å²) in [5.74, 6) is 0. The van der Waals surface area contributed by atoms with E-state index in [0.717, 1.165) is 0 Å². The van der Waals surface area contributed by atoms with Crippen molar-refractivity contribution in [2.45, 2.75) is 57.5 Å². The minimum atomic E-state index is -1.91. The molecule has 4 nitrogen and oxygen atoms in total. The van der Waals surface area contributed by atoms with Gasteiger partial charge >= 0.3 is 6.09 Å². The van der Waals surface area contributed by atoms with Crippen LogP contribution in [0.15, 0.2) is 24.8 Å². The molecular weight excluding hydrogens is 313 g/mol. The summed E-state index contributed by atoms with van der Waals surface area (Å²) in [6, 6.07) is -0.183. The molecule has 1 heterocycles. The summed E-state index contributed by atoms with van der Waals surface area (Å²) in [5.41, 5.74) is 0. The molecule has 0 aromatic heterocycles. The molecule has 1 saturated heterocycles. The summed E-state index contributed by atoms with van der Waals surface area (Å²) >= 11 is 0. The molecule has 1 aliphatic heterocycles. The van der Waals surface area contributed by atoms with Crippen LogP contribution >= 0.6 is 0 Å². The molecule has 0 aromatic carbocycles. The lowest BCUT2D eigenvalue weighted by atomic mass is 10.2. The van der Waals surface area contributed by atoms with E-state index in [1.807, 2.05) is 0 Å². The molecule has 1 amide bonds. The van der Waals surface area contributed by atoms with Gasteiger partial charge in [-0.05, 0) is 24.6 Å². The smallest absolute Gasteiger partial charge is 0.410 e. The number of alkyl halides is 1. The van der Waals surface area contributed by atoms with Gasteiger partial charge in [-0.1, -0.05) is 45.6 Å². The molecule has 0 bridgehead atoms. The molecule has 1 aliphatic rings. The Morgan fingerprint density at radius 1 is 1.43 bits per heavy atom. The third kappa shape index (κ3) is 5.46. The number of hydrogen-bond acceptors (Lipinski definition) is 3. The summed E-state index contributed by atoms with van der Waals surface area (Å²) in [5, 5.41) is 0.105. The Morgan fingerprint density at radius 3 is 2.61 bits per heavy atom. The molecule has 2 atom stereocenters. The van der Waals surface area contributed by atoms with Crippen molar-refractivity contribution in [1.82, 2.24) is 4.90 Å². The van der Waals surface area contributed by atoms with Gasteiger partial charge in [0, 0.05) is 6.54 Å². The van der Waals surface area contributed by atoms with E-state index in [9.17, 15) is 9.18 Å². The van der Waals surface area contributed by atoms with Gasteiger partial charge in [0.1, 0.15) is 13.3 Å². The molecule has 132 valence electrons. The minimum absolute atomic E-state index is 0.0403. The van der Waals surface area contributed by atoms with E-state index >= 15 is 0 Å². The van der Waals surface area contributed by atoms with E-state index in [4.69, 9.17) is 9.16 Å². The van der Waals surface area contributed by atoms with Gasteiger partial charge in [-0.15, -0.1) is 0 Å². The monoisotopic (exact) mass is 343 g/mol. The average Bonchev–Trinajstić information content (AvgIpc) is 2.83. The van der Waals surface area contributed by atoms with Gasteiger partial charge in [-0.25, -0.2) is 9.18 Å². The number of carbonyl (C=O) groups excluding carboxylic acids is 1. The second-order valence-corrected chi connectivity index (χ2v) is 12.2. The first-order valence-electron chi connectivity index (χ1n) is 8.07. The molecule has 0 saturated carbocycles. The Hall–Kier alpha value is -1.14. The number of hydrogen-bond donors (Lipinski definition) is 0. The van der Waals surface area contributed by atoms with Crippen molar-refractivity contribution in [3.63, 3.8) is 0 Å². The van der Waals surface area contributed by atoms with E-state index in [1.165, 1.54) is 12.2 Å². The number of allylic oxidation sites excluding steroid dienone is 1. The lowest BCUT2D eigenvalue weighted by Crippen LogP contribution is -2.44. The second kappa shape index (κ2) is 8.10. The quantitative estimate of drug-likeness (QED) is 0.533. The van der Waals surface area contributed by atoms with Crippen molar-refractivity contribution in [2.75, 3.05) is 19.8 Å². The minimum Gasteiger partial charge on any atom is -0.445 e. The molecule has 1 fully saturated rings. The van der Waals surface area contributed by atoms with Gasteiger partial charge in [-0.2, -0.15) is 0 Å². The van der Waals surface area contributed by atoms with Gasteiger partial charge < -0.3 is 9.16 Å². The highest BCUT2D eigenvalue weighted by atomic mass is 28.4. The lowest BCUT2D eigenvalue weighted by Gasteiger charge is -2.38. The molecule has 23 heavy (non-hydrogen) atoms. The molecule has 0 unspecified atom stereocenters. The molecule has 0 N–H and O–H groups in total. The molecule has 0 aliphatic carbocycles. The van der Waals surface area contributed by atoms with Crippen LogP contribution in [0.25, 0.3) is 0 Å². The number of likely N-dealkylation sites (tertiary alicyclic amines) is 1. The fraction of sp³-hybridized carbons (Fsp3) is 0.706. The molecule has 0 aromatic rings. The molecule has 1 rings (SSSR count). The highest BCUT2D eigenvalue weighted by Crippen LogP contribution is 2.39. The first kappa shape index (κ1) is 19.9. The van der Waals surface area contributed by atoms with Gasteiger partial charge in [-0.3, -0.25) is 4.90 Å². The summed E-state index contributed by atoms with van der Waals surface area (Å²) < 4.78 is 24.0. The number of ether oxygens (including phenoxy) is 1. The van der Waals surface area contributed by atoms with Crippen LogP contribution in [0, 0.1) is 0 Å². The van der Waals surface area contributed by atoms with Crippen molar-refractivity contribution in [3.8, 4) is 0 Å². The van der Waals surface area contributed by atoms with Crippen molar-refractivity contribution < 1.29 is 18.3 Å². The fourth-order valence-corrected chi connectivity index (χ4v) is 3.68. The number of halogens is 1. The maximum Gasteiger partial charge on any atom is 0.410 e. The van der Waals surface area contributed by atoms with Crippen molar-refractivity contribution in [1.29, 1.82) is 0 Å². The van der Waals surface area contributed by atoms with Crippen molar-refractivity contribution >= 4 is 14.4 Å². The highest BCUT2D eigenvalue weighted by molar-refractivity contribution is 6.74. The van der Waals surface area contributed by atoms with E-state index in [0.29, 0.717) is 13.0 Å². The largest absolute Gasteiger partial charge is 0.445 e. The summed E-state index contributed by atoms with van der Waals surface area (Å²) in [4.78, 5) is 13.8. The van der Waals surface area contributed by atoms with Crippen LogP contribution in [-0.2, 0) is 9.16 Å². The Morgan fingerprint density at radius 2 is 2.09 bits per heavy atom. The van der Waals surface area contributed by atoms with Crippen LogP contribution in [-0.4, -0.2) is 51.3 Å². The second-order valence-electron chi connectivity index (χ2n) is 7.40. The van der Waals surface area contributed by atoms with Crippen molar-refractivity contribution in [2.24, 2.45) is 0 Å². The standard InChI is InChI=1S/C17H30FNO3Si/c1-7-11-21-16(20)19-13-15(12-14(19)9-8-10-18)22-23(5,6)17(2,3)4/h7-9,14-15H,1,10-13H2,2-6H3/b9-8+/t14-,15-/m1/s1. The SMILES string of the molecule is C=CCOC(=O)N1C[C@H](O[Si](C)(C)C(C)(C)C)C[C@H]1/C=C/CF. The predicted molar refractivity (Wildman–Crippen MR) is 93.8 cm³/mol. The zero-order valence-corrected chi connectivity index (χ0v) is 16.0. The van der Waals surface area contributed by atoms with Gasteiger partial charge in [0.15, 0.2) is 8.32 Å². The Balaban J connectivity index is 2.81.